The molecule has 0 spiro atoms. The summed E-state index contributed by atoms with van der Waals surface area (Å²) in [7, 11) is 0. The molecule has 2 amide bonds. The lowest BCUT2D eigenvalue weighted by Crippen LogP contribution is -2.48. The van der Waals surface area contributed by atoms with Crippen molar-refractivity contribution in [2.24, 2.45) is 5.92 Å². The normalized spacial score (nSPS) is 15.9. The Kier molecular flexibility index (Phi) is 6.96. The highest BCUT2D eigenvalue weighted by atomic mass is 32.1. The van der Waals surface area contributed by atoms with Crippen LogP contribution in [0.4, 0.5) is 0 Å². The number of hydrogen-bond acceptors (Lipinski definition) is 4. The van der Waals surface area contributed by atoms with Gasteiger partial charge in [-0.25, -0.2) is 0 Å². The van der Waals surface area contributed by atoms with E-state index in [4.69, 9.17) is 4.74 Å². The van der Waals surface area contributed by atoms with E-state index in [-0.39, 0.29) is 30.3 Å². The maximum absolute atomic E-state index is 13.2. The average Bonchev–Trinajstić information content (AvgIpc) is 3.19. The topological polar surface area (TPSA) is 49.9 Å². The number of benzene rings is 1. The summed E-state index contributed by atoms with van der Waals surface area (Å²) in [5.74, 6) is 0.720. The van der Waals surface area contributed by atoms with E-state index < -0.39 is 0 Å². The Labute approximate surface area is 177 Å². The zero-order valence-electron chi connectivity index (χ0n) is 17.7. The van der Waals surface area contributed by atoms with E-state index in [1.165, 1.54) is 10.4 Å². The first-order valence-electron chi connectivity index (χ1n) is 10.2. The highest BCUT2D eigenvalue weighted by Gasteiger charge is 2.33. The standard InChI is InChI=1S/C23H30N2O3S/c1-5-24(23(27)16(2)3)14-22(26)25-12-10-21-18(11-13-29-21)19(25)15-28-20-9-7-6-8-17(20)4/h6-9,11,13,16,19H,5,10,12,14-15H2,1-4H3. The first kappa shape index (κ1) is 21.4. The number of amides is 2. The third-order valence-corrected chi connectivity index (χ3v) is 6.42. The third kappa shape index (κ3) is 4.81. The second-order valence-electron chi connectivity index (χ2n) is 7.74. The molecule has 1 unspecified atom stereocenters. The number of ether oxygens (including phenoxy) is 1. The molecule has 6 heteroatoms. The highest BCUT2D eigenvalue weighted by molar-refractivity contribution is 7.10. The van der Waals surface area contributed by atoms with Crippen LogP contribution in [0, 0.1) is 12.8 Å². The molecule has 0 saturated carbocycles. The van der Waals surface area contributed by atoms with Crippen LogP contribution in [0.15, 0.2) is 35.7 Å². The Morgan fingerprint density at radius 3 is 2.72 bits per heavy atom. The Morgan fingerprint density at radius 2 is 2.03 bits per heavy atom. The molecule has 0 aliphatic carbocycles. The molecule has 29 heavy (non-hydrogen) atoms. The number of hydrogen-bond donors (Lipinski definition) is 0. The molecular formula is C23H30N2O3S. The van der Waals surface area contributed by atoms with Crippen LogP contribution in [0.5, 0.6) is 5.75 Å². The van der Waals surface area contributed by atoms with Gasteiger partial charge in [0.15, 0.2) is 0 Å². The van der Waals surface area contributed by atoms with Gasteiger partial charge in [0, 0.05) is 23.9 Å². The van der Waals surface area contributed by atoms with Gasteiger partial charge in [-0.1, -0.05) is 32.0 Å². The SMILES string of the molecule is CCN(CC(=O)N1CCc2sccc2C1COc1ccccc1C)C(=O)C(C)C. The number of para-hydroxylation sites is 1. The van der Waals surface area contributed by atoms with Crippen molar-refractivity contribution in [2.75, 3.05) is 26.2 Å². The molecule has 1 aliphatic heterocycles. The zero-order valence-corrected chi connectivity index (χ0v) is 18.5. The fourth-order valence-corrected chi connectivity index (χ4v) is 4.65. The first-order valence-corrected chi connectivity index (χ1v) is 11.1. The van der Waals surface area contributed by atoms with Crippen molar-refractivity contribution in [1.29, 1.82) is 0 Å². The molecule has 3 rings (SSSR count). The van der Waals surface area contributed by atoms with Crippen molar-refractivity contribution in [2.45, 2.75) is 40.2 Å². The van der Waals surface area contributed by atoms with Crippen LogP contribution in [0.1, 0.15) is 42.8 Å². The van der Waals surface area contributed by atoms with Gasteiger partial charge in [-0.2, -0.15) is 0 Å². The number of likely N-dealkylation sites (N-methyl/N-ethyl adjacent to an activating group) is 1. The molecule has 1 atom stereocenters. The summed E-state index contributed by atoms with van der Waals surface area (Å²) in [4.78, 5) is 30.5. The van der Waals surface area contributed by atoms with Crippen molar-refractivity contribution in [1.82, 2.24) is 9.80 Å². The number of carbonyl (C=O) groups excluding carboxylic acids is 2. The number of fused-ring (bicyclic) bond motifs is 1. The zero-order chi connectivity index (χ0) is 21.0. The van der Waals surface area contributed by atoms with E-state index in [1.807, 2.05) is 56.9 Å². The third-order valence-electron chi connectivity index (χ3n) is 5.42. The summed E-state index contributed by atoms with van der Waals surface area (Å²) in [6, 6.07) is 9.89. The summed E-state index contributed by atoms with van der Waals surface area (Å²) < 4.78 is 6.13. The van der Waals surface area contributed by atoms with Gasteiger partial charge >= 0.3 is 0 Å². The lowest BCUT2D eigenvalue weighted by molar-refractivity contribution is -0.144. The van der Waals surface area contributed by atoms with Crippen LogP contribution in [0.3, 0.4) is 0 Å². The second-order valence-corrected chi connectivity index (χ2v) is 8.74. The molecule has 2 aromatic rings. The van der Waals surface area contributed by atoms with Gasteiger partial charge in [0.25, 0.3) is 0 Å². The molecule has 1 aliphatic rings. The lowest BCUT2D eigenvalue weighted by Gasteiger charge is -2.37. The van der Waals surface area contributed by atoms with E-state index in [9.17, 15) is 9.59 Å². The van der Waals surface area contributed by atoms with Crippen molar-refractivity contribution in [3.8, 4) is 5.75 Å². The molecule has 0 N–H and O–H groups in total. The van der Waals surface area contributed by atoms with Gasteiger partial charge in [-0.05, 0) is 48.9 Å². The van der Waals surface area contributed by atoms with Gasteiger partial charge in [0.1, 0.15) is 12.4 Å². The van der Waals surface area contributed by atoms with E-state index in [1.54, 1.807) is 16.2 Å². The Hall–Kier alpha value is -2.34. The van der Waals surface area contributed by atoms with Crippen LogP contribution in [-0.2, 0) is 16.0 Å². The van der Waals surface area contributed by atoms with E-state index >= 15 is 0 Å². The van der Waals surface area contributed by atoms with Crippen LogP contribution in [0.25, 0.3) is 0 Å². The van der Waals surface area contributed by atoms with Crippen molar-refractivity contribution in [3.63, 3.8) is 0 Å². The monoisotopic (exact) mass is 414 g/mol. The number of thiophene rings is 1. The molecular weight excluding hydrogens is 384 g/mol. The maximum atomic E-state index is 13.2. The minimum atomic E-state index is -0.134. The van der Waals surface area contributed by atoms with Crippen LogP contribution < -0.4 is 4.74 Å². The summed E-state index contributed by atoms with van der Waals surface area (Å²) in [6.07, 6.45) is 0.851. The number of rotatable bonds is 7. The van der Waals surface area contributed by atoms with Gasteiger partial charge in [0.05, 0.1) is 12.6 Å². The van der Waals surface area contributed by atoms with Crippen molar-refractivity contribution in [3.05, 3.63) is 51.7 Å². The van der Waals surface area contributed by atoms with Gasteiger partial charge in [-0.3, -0.25) is 9.59 Å². The van der Waals surface area contributed by atoms with Gasteiger partial charge < -0.3 is 14.5 Å². The number of aryl methyl sites for hydroxylation is 1. The van der Waals surface area contributed by atoms with Crippen LogP contribution in [0.2, 0.25) is 0 Å². The molecule has 0 radical (unpaired) electrons. The molecule has 5 nitrogen and oxygen atoms in total. The Balaban J connectivity index is 1.78. The molecule has 2 heterocycles. The highest BCUT2D eigenvalue weighted by Crippen LogP contribution is 2.34. The molecule has 0 saturated heterocycles. The van der Waals surface area contributed by atoms with E-state index in [0.29, 0.717) is 19.7 Å². The summed E-state index contributed by atoms with van der Waals surface area (Å²) in [5.41, 5.74) is 2.24. The summed E-state index contributed by atoms with van der Waals surface area (Å²) >= 11 is 1.74. The fraction of sp³-hybridized carbons (Fsp3) is 0.478. The van der Waals surface area contributed by atoms with Crippen LogP contribution in [-0.4, -0.2) is 47.9 Å². The predicted octanol–water partition coefficient (Wildman–Crippen LogP) is 4.07. The molecule has 1 aromatic carbocycles. The first-order chi connectivity index (χ1) is 13.9. The maximum Gasteiger partial charge on any atom is 0.242 e. The number of nitrogens with zero attached hydrogens (tertiary/aromatic N) is 2. The van der Waals surface area contributed by atoms with Crippen molar-refractivity contribution < 1.29 is 14.3 Å². The lowest BCUT2D eigenvalue weighted by atomic mass is 10.00. The minimum absolute atomic E-state index is 0.0155. The van der Waals surface area contributed by atoms with Crippen LogP contribution >= 0.6 is 11.3 Å². The van der Waals surface area contributed by atoms with E-state index in [2.05, 4.69) is 11.4 Å². The molecule has 1 aromatic heterocycles. The Bertz CT molecular complexity index is 861. The number of carbonyl (C=O) groups is 2. The largest absolute Gasteiger partial charge is 0.491 e. The van der Waals surface area contributed by atoms with Crippen molar-refractivity contribution >= 4 is 23.2 Å². The predicted molar refractivity (Wildman–Crippen MR) is 116 cm³/mol. The average molecular weight is 415 g/mol. The minimum Gasteiger partial charge on any atom is -0.491 e. The molecule has 0 fully saturated rings. The fourth-order valence-electron chi connectivity index (χ4n) is 3.73. The Morgan fingerprint density at radius 1 is 1.28 bits per heavy atom. The smallest absolute Gasteiger partial charge is 0.242 e. The summed E-state index contributed by atoms with van der Waals surface area (Å²) in [5, 5.41) is 2.08. The molecule has 0 bridgehead atoms. The quantitative estimate of drug-likeness (QED) is 0.686. The van der Waals surface area contributed by atoms with Gasteiger partial charge in [-0.15, -0.1) is 11.3 Å². The molecule has 156 valence electrons. The second kappa shape index (κ2) is 9.44. The summed E-state index contributed by atoms with van der Waals surface area (Å²) in [6.45, 7) is 9.38. The van der Waals surface area contributed by atoms with E-state index in [0.717, 1.165) is 17.7 Å². The van der Waals surface area contributed by atoms with Gasteiger partial charge in [0.2, 0.25) is 11.8 Å².